The number of halogens is 1. The van der Waals surface area contributed by atoms with Gasteiger partial charge in [-0.25, -0.2) is 12.8 Å². The van der Waals surface area contributed by atoms with Gasteiger partial charge in [-0.1, -0.05) is 29.0 Å². The Kier molecular flexibility index (Phi) is 5.63. The number of nitrogens with one attached hydrogen (secondary N) is 1. The molecule has 1 fully saturated rings. The minimum Gasteiger partial charge on any atom is -0.320 e. The number of aryl methyl sites for hydroxylation is 1. The van der Waals surface area contributed by atoms with E-state index in [0.717, 1.165) is 16.9 Å². The molecule has 0 radical (unpaired) electrons. The molecule has 1 aliphatic rings. The molecule has 3 aromatic rings. The number of hydrogen-bond donors (Lipinski definition) is 1. The van der Waals surface area contributed by atoms with E-state index in [1.807, 2.05) is 6.92 Å². The molecule has 1 aliphatic heterocycles. The van der Waals surface area contributed by atoms with Gasteiger partial charge in [0.1, 0.15) is 10.8 Å². The third-order valence-corrected chi connectivity index (χ3v) is 7.80. The second-order valence-corrected chi connectivity index (χ2v) is 9.89. The van der Waals surface area contributed by atoms with E-state index in [1.54, 1.807) is 24.3 Å². The summed E-state index contributed by atoms with van der Waals surface area (Å²) in [6.07, 6.45) is 1.31. The van der Waals surface area contributed by atoms with Crippen LogP contribution in [0.3, 0.4) is 0 Å². The van der Waals surface area contributed by atoms with Crippen LogP contribution in [0.15, 0.2) is 53.4 Å². The largest absolute Gasteiger partial charge is 0.320 e. The van der Waals surface area contributed by atoms with Crippen molar-refractivity contribution in [3.63, 3.8) is 0 Å². The summed E-state index contributed by atoms with van der Waals surface area (Å²) >= 11 is 1.06. The molecule has 0 bridgehead atoms. The fourth-order valence-electron chi connectivity index (χ4n) is 3.30. The highest BCUT2D eigenvalue weighted by Crippen LogP contribution is 2.37. The molecule has 1 saturated heterocycles. The average Bonchev–Trinajstić information content (AvgIpc) is 3.40. The molecule has 2 aromatic carbocycles. The van der Waals surface area contributed by atoms with Crippen molar-refractivity contribution in [2.24, 2.45) is 0 Å². The van der Waals surface area contributed by atoms with Crippen LogP contribution in [0.4, 0.5) is 10.1 Å². The molecule has 4 rings (SSSR count). The smallest absolute Gasteiger partial charge is 0.286 e. The molecule has 1 amide bonds. The lowest BCUT2D eigenvalue weighted by atomic mass is 10.2. The minimum absolute atomic E-state index is 0.119. The van der Waals surface area contributed by atoms with Crippen molar-refractivity contribution in [3.05, 3.63) is 69.9 Å². The van der Waals surface area contributed by atoms with Crippen LogP contribution in [0, 0.1) is 12.7 Å². The lowest BCUT2D eigenvalue weighted by Gasteiger charge is -2.22. The Labute approximate surface area is 177 Å². The number of amides is 1. The summed E-state index contributed by atoms with van der Waals surface area (Å²) in [6, 6.07) is 11.6. The molecule has 156 valence electrons. The zero-order valence-electron chi connectivity index (χ0n) is 16.1. The Balaban J connectivity index is 1.54. The van der Waals surface area contributed by atoms with Crippen LogP contribution >= 0.6 is 11.3 Å². The van der Waals surface area contributed by atoms with Crippen molar-refractivity contribution in [3.8, 4) is 0 Å². The highest BCUT2D eigenvalue weighted by atomic mass is 32.2. The maximum Gasteiger partial charge on any atom is 0.286 e. The number of sulfonamides is 1. The van der Waals surface area contributed by atoms with Crippen LogP contribution < -0.4 is 5.32 Å². The zero-order valence-corrected chi connectivity index (χ0v) is 17.7. The van der Waals surface area contributed by atoms with Crippen molar-refractivity contribution < 1.29 is 17.6 Å². The Morgan fingerprint density at radius 1 is 1.13 bits per heavy atom. The van der Waals surface area contributed by atoms with Gasteiger partial charge in [0.05, 0.1) is 10.9 Å². The SMILES string of the molecule is Cc1ccc(S(=O)(=O)N2CCC[C@@H]2c2nnc(C(=O)Nc3ccc(F)cc3)s2)cc1. The third-order valence-electron chi connectivity index (χ3n) is 4.85. The van der Waals surface area contributed by atoms with Gasteiger partial charge in [-0.05, 0) is 56.2 Å². The topological polar surface area (TPSA) is 92.3 Å². The van der Waals surface area contributed by atoms with Crippen molar-refractivity contribution in [1.29, 1.82) is 0 Å². The molecule has 0 aliphatic carbocycles. The van der Waals surface area contributed by atoms with E-state index in [2.05, 4.69) is 15.5 Å². The normalized spacial score (nSPS) is 17.2. The van der Waals surface area contributed by atoms with Crippen LogP contribution in [-0.4, -0.2) is 35.4 Å². The van der Waals surface area contributed by atoms with Crippen LogP contribution in [0.5, 0.6) is 0 Å². The van der Waals surface area contributed by atoms with E-state index in [9.17, 15) is 17.6 Å². The van der Waals surface area contributed by atoms with Gasteiger partial charge in [0.15, 0.2) is 0 Å². The van der Waals surface area contributed by atoms with Crippen LogP contribution in [0.25, 0.3) is 0 Å². The van der Waals surface area contributed by atoms with Gasteiger partial charge in [0.25, 0.3) is 5.91 Å². The molecule has 1 N–H and O–H groups in total. The zero-order chi connectivity index (χ0) is 21.3. The molecule has 7 nitrogen and oxygen atoms in total. The summed E-state index contributed by atoms with van der Waals surface area (Å²) in [4.78, 5) is 12.7. The maximum absolute atomic E-state index is 13.1. The first-order valence-corrected chi connectivity index (χ1v) is 11.6. The molecular formula is C20H19FN4O3S2. The number of anilines is 1. The molecule has 2 heterocycles. The molecule has 1 aromatic heterocycles. The van der Waals surface area contributed by atoms with Gasteiger partial charge in [-0.3, -0.25) is 4.79 Å². The van der Waals surface area contributed by atoms with Gasteiger partial charge in [0, 0.05) is 12.2 Å². The Bertz CT molecular complexity index is 1160. The Hall–Kier alpha value is -2.69. The summed E-state index contributed by atoms with van der Waals surface area (Å²) in [6.45, 7) is 2.28. The fourth-order valence-corrected chi connectivity index (χ4v) is 5.91. The predicted octanol–water partition coefficient (Wildman–Crippen LogP) is 3.76. The Morgan fingerprint density at radius 3 is 2.53 bits per heavy atom. The number of benzene rings is 2. The standard InChI is InChI=1S/C20H19FN4O3S2/c1-13-4-10-16(11-5-13)30(27,28)25-12-2-3-17(25)19-23-24-20(29-19)18(26)22-15-8-6-14(21)7-9-15/h4-11,17H,2-3,12H2,1H3,(H,22,26)/t17-/m1/s1. The van der Waals surface area contributed by atoms with Crippen LogP contribution in [0.2, 0.25) is 0 Å². The van der Waals surface area contributed by atoms with Gasteiger partial charge >= 0.3 is 0 Å². The van der Waals surface area contributed by atoms with E-state index in [-0.39, 0.29) is 9.90 Å². The van der Waals surface area contributed by atoms with Gasteiger partial charge in [-0.2, -0.15) is 4.31 Å². The van der Waals surface area contributed by atoms with Gasteiger partial charge in [-0.15, -0.1) is 10.2 Å². The molecular weight excluding hydrogens is 427 g/mol. The fraction of sp³-hybridized carbons (Fsp3) is 0.250. The Morgan fingerprint density at radius 2 is 1.83 bits per heavy atom. The first kappa shape index (κ1) is 20.6. The molecule has 0 unspecified atom stereocenters. The van der Waals surface area contributed by atoms with Crippen LogP contribution in [0.1, 0.15) is 39.3 Å². The molecule has 30 heavy (non-hydrogen) atoms. The van der Waals surface area contributed by atoms with Crippen molar-refractivity contribution >= 4 is 33.0 Å². The number of rotatable bonds is 5. The average molecular weight is 447 g/mol. The lowest BCUT2D eigenvalue weighted by Crippen LogP contribution is -2.30. The number of carbonyl (C=O) groups is 1. The molecule has 10 heteroatoms. The monoisotopic (exact) mass is 446 g/mol. The number of aromatic nitrogens is 2. The maximum atomic E-state index is 13.1. The van der Waals surface area contributed by atoms with E-state index in [0.29, 0.717) is 30.1 Å². The van der Waals surface area contributed by atoms with Crippen molar-refractivity contribution in [1.82, 2.24) is 14.5 Å². The quantitative estimate of drug-likeness (QED) is 0.644. The summed E-state index contributed by atoms with van der Waals surface area (Å²) in [5.41, 5.74) is 1.41. The highest BCUT2D eigenvalue weighted by molar-refractivity contribution is 7.89. The molecule has 0 saturated carbocycles. The molecule has 1 atom stereocenters. The third kappa shape index (κ3) is 4.11. The van der Waals surface area contributed by atoms with E-state index in [4.69, 9.17) is 0 Å². The lowest BCUT2D eigenvalue weighted by molar-refractivity contribution is 0.102. The number of hydrogen-bond acceptors (Lipinski definition) is 6. The van der Waals surface area contributed by atoms with Crippen molar-refractivity contribution in [2.45, 2.75) is 30.7 Å². The second kappa shape index (κ2) is 8.21. The van der Waals surface area contributed by atoms with Crippen LogP contribution in [-0.2, 0) is 10.0 Å². The van der Waals surface area contributed by atoms with E-state index < -0.39 is 27.8 Å². The number of nitrogens with zero attached hydrogens (tertiary/aromatic N) is 3. The summed E-state index contributed by atoms with van der Waals surface area (Å²) in [5, 5.41) is 11.3. The predicted molar refractivity (Wildman–Crippen MR) is 111 cm³/mol. The summed E-state index contributed by atoms with van der Waals surface area (Å²) in [5.74, 6) is -0.876. The summed E-state index contributed by atoms with van der Waals surface area (Å²) in [7, 11) is -3.68. The number of carbonyl (C=O) groups excluding carboxylic acids is 1. The van der Waals surface area contributed by atoms with Gasteiger partial charge in [0.2, 0.25) is 15.0 Å². The first-order chi connectivity index (χ1) is 14.3. The summed E-state index contributed by atoms with van der Waals surface area (Å²) < 4.78 is 40.7. The second-order valence-electron chi connectivity index (χ2n) is 6.99. The first-order valence-electron chi connectivity index (χ1n) is 9.33. The van der Waals surface area contributed by atoms with Gasteiger partial charge < -0.3 is 5.32 Å². The van der Waals surface area contributed by atoms with E-state index in [1.165, 1.54) is 28.6 Å². The highest BCUT2D eigenvalue weighted by Gasteiger charge is 2.38. The minimum atomic E-state index is -3.68. The molecule has 0 spiro atoms. The van der Waals surface area contributed by atoms with Crippen molar-refractivity contribution in [2.75, 3.05) is 11.9 Å². The van der Waals surface area contributed by atoms with E-state index >= 15 is 0 Å².